The van der Waals surface area contributed by atoms with Gasteiger partial charge in [0.25, 0.3) is 0 Å². The first kappa shape index (κ1) is 14.0. The summed E-state index contributed by atoms with van der Waals surface area (Å²) in [5.41, 5.74) is 9.36. The molecule has 1 aliphatic rings. The highest BCUT2D eigenvalue weighted by Gasteiger charge is 2.51. The molecule has 16 heavy (non-hydrogen) atoms. The molecule has 0 amide bonds. The molecule has 0 radical (unpaired) electrons. The molecule has 2 rings (SSSR count). The zero-order valence-electron chi connectivity index (χ0n) is 9.79. The van der Waals surface area contributed by atoms with Crippen LogP contribution in [0.1, 0.15) is 37.8 Å². The van der Waals surface area contributed by atoms with Crippen molar-refractivity contribution in [1.29, 1.82) is 0 Å². The number of halogens is 2. The predicted molar refractivity (Wildman–Crippen MR) is 75.2 cm³/mol. The second-order valence-corrected chi connectivity index (χ2v) is 5.78. The lowest BCUT2D eigenvalue weighted by atomic mass is 9.76. The zero-order valence-corrected chi connectivity index (χ0v) is 12.2. The van der Waals surface area contributed by atoms with Crippen molar-refractivity contribution in [3.8, 4) is 0 Å². The Morgan fingerprint density at radius 2 is 1.81 bits per heavy atom. The van der Waals surface area contributed by atoms with Crippen molar-refractivity contribution in [3.63, 3.8) is 0 Å². The minimum absolute atomic E-state index is 0. The summed E-state index contributed by atoms with van der Waals surface area (Å²) in [6.45, 7) is 4.47. The minimum Gasteiger partial charge on any atom is -0.312 e. The van der Waals surface area contributed by atoms with Gasteiger partial charge in [-0.3, -0.25) is 0 Å². The summed E-state index contributed by atoms with van der Waals surface area (Å²) in [5, 5.41) is 0. The monoisotopic (exact) mass is 303 g/mol. The average molecular weight is 305 g/mol. The highest BCUT2D eigenvalue weighted by atomic mass is 79.9. The Kier molecular flexibility index (Phi) is 4.09. The Labute approximate surface area is 112 Å². The molecule has 3 heteroatoms. The quantitative estimate of drug-likeness (QED) is 0.649. The highest BCUT2D eigenvalue weighted by molar-refractivity contribution is 9.09. The van der Waals surface area contributed by atoms with E-state index in [9.17, 15) is 0 Å². The van der Waals surface area contributed by atoms with E-state index in [4.69, 9.17) is 5.73 Å². The first-order valence-electron chi connectivity index (χ1n) is 5.63. The molecule has 0 fully saturated rings. The molecule has 0 heterocycles. The maximum absolute atomic E-state index is 6.51. The van der Waals surface area contributed by atoms with Gasteiger partial charge in [-0.2, -0.15) is 0 Å². The number of rotatable bonds is 2. The number of fused-ring (bicyclic) bond motifs is 1. The summed E-state index contributed by atoms with van der Waals surface area (Å²) < 4.78 is -0.347. The molecule has 90 valence electrons. The maximum Gasteiger partial charge on any atom is 0.103 e. The van der Waals surface area contributed by atoms with Crippen LogP contribution >= 0.6 is 28.3 Å². The SMILES string of the molecule is CCC1(CC)Cc2ccccc2C1(N)Br.Cl. The van der Waals surface area contributed by atoms with Crippen molar-refractivity contribution in [3.05, 3.63) is 35.4 Å². The zero-order chi connectivity index (χ0) is 11.1. The van der Waals surface area contributed by atoms with Crippen LogP contribution in [0.25, 0.3) is 0 Å². The van der Waals surface area contributed by atoms with Crippen molar-refractivity contribution in [2.24, 2.45) is 11.1 Å². The van der Waals surface area contributed by atoms with E-state index >= 15 is 0 Å². The topological polar surface area (TPSA) is 26.0 Å². The first-order valence-corrected chi connectivity index (χ1v) is 6.43. The molecule has 1 aromatic rings. The first-order chi connectivity index (χ1) is 7.07. The Morgan fingerprint density at radius 1 is 1.25 bits per heavy atom. The summed E-state index contributed by atoms with van der Waals surface area (Å²) in [5.74, 6) is 0. The molecule has 2 N–H and O–H groups in total. The molecule has 0 bridgehead atoms. The van der Waals surface area contributed by atoms with Crippen molar-refractivity contribution in [2.45, 2.75) is 37.6 Å². The molecular formula is C13H19BrClN. The molecule has 0 aromatic heterocycles. The smallest absolute Gasteiger partial charge is 0.103 e. The summed E-state index contributed by atoms with van der Waals surface area (Å²) in [6, 6.07) is 8.52. The predicted octanol–water partition coefficient (Wildman–Crippen LogP) is 3.98. The van der Waals surface area contributed by atoms with Crippen molar-refractivity contribution < 1.29 is 0 Å². The molecule has 0 saturated carbocycles. The summed E-state index contributed by atoms with van der Waals surface area (Å²) >= 11 is 3.76. The van der Waals surface area contributed by atoms with Crippen LogP contribution in [-0.4, -0.2) is 0 Å². The second-order valence-electron chi connectivity index (χ2n) is 4.53. The van der Waals surface area contributed by atoms with Gasteiger partial charge in [0.15, 0.2) is 0 Å². The lowest BCUT2D eigenvalue weighted by Gasteiger charge is -2.38. The van der Waals surface area contributed by atoms with E-state index in [1.165, 1.54) is 11.1 Å². The fourth-order valence-electron chi connectivity index (χ4n) is 2.82. The van der Waals surface area contributed by atoms with Crippen LogP contribution in [0.2, 0.25) is 0 Å². The van der Waals surface area contributed by atoms with Gasteiger partial charge in [-0.25, -0.2) is 0 Å². The van der Waals surface area contributed by atoms with Gasteiger partial charge in [-0.15, -0.1) is 12.4 Å². The van der Waals surface area contributed by atoms with Crippen LogP contribution in [0.3, 0.4) is 0 Å². The van der Waals surface area contributed by atoms with Crippen molar-refractivity contribution in [2.75, 3.05) is 0 Å². The molecule has 0 aliphatic heterocycles. The van der Waals surface area contributed by atoms with Gasteiger partial charge in [0, 0.05) is 5.41 Å². The van der Waals surface area contributed by atoms with E-state index in [0.717, 1.165) is 19.3 Å². The van der Waals surface area contributed by atoms with Gasteiger partial charge in [0.2, 0.25) is 0 Å². The van der Waals surface area contributed by atoms with Gasteiger partial charge in [-0.1, -0.05) is 54.0 Å². The van der Waals surface area contributed by atoms with Crippen molar-refractivity contribution >= 4 is 28.3 Å². The number of alkyl halides is 1. The van der Waals surface area contributed by atoms with Gasteiger partial charge >= 0.3 is 0 Å². The fourth-order valence-corrected chi connectivity index (χ4v) is 3.91. The number of hydrogen-bond acceptors (Lipinski definition) is 1. The Hall–Kier alpha value is -0.0500. The Bertz CT molecular complexity index is 372. The van der Waals surface area contributed by atoms with Crippen LogP contribution in [0.15, 0.2) is 24.3 Å². The summed E-state index contributed by atoms with van der Waals surface area (Å²) in [6.07, 6.45) is 3.32. The maximum atomic E-state index is 6.51. The Morgan fingerprint density at radius 3 is 2.31 bits per heavy atom. The van der Waals surface area contributed by atoms with E-state index in [1.54, 1.807) is 0 Å². The van der Waals surface area contributed by atoms with E-state index in [1.807, 2.05) is 0 Å². The third-order valence-electron chi connectivity index (χ3n) is 4.06. The summed E-state index contributed by atoms with van der Waals surface area (Å²) in [4.78, 5) is 0. The molecule has 1 nitrogen and oxygen atoms in total. The van der Waals surface area contributed by atoms with Crippen LogP contribution in [0, 0.1) is 5.41 Å². The Balaban J connectivity index is 0.00000128. The molecule has 0 saturated heterocycles. The number of nitrogens with two attached hydrogens (primary N) is 1. The number of hydrogen-bond donors (Lipinski definition) is 1. The van der Waals surface area contributed by atoms with Gasteiger partial charge in [0.05, 0.1) is 0 Å². The van der Waals surface area contributed by atoms with Gasteiger partial charge < -0.3 is 5.73 Å². The van der Waals surface area contributed by atoms with E-state index in [2.05, 4.69) is 54.0 Å². The van der Waals surface area contributed by atoms with Crippen LogP contribution in [-0.2, 0) is 10.9 Å². The third-order valence-corrected chi connectivity index (χ3v) is 5.33. The summed E-state index contributed by atoms with van der Waals surface area (Å²) in [7, 11) is 0. The lowest BCUT2D eigenvalue weighted by Crippen LogP contribution is -2.44. The van der Waals surface area contributed by atoms with E-state index in [0.29, 0.717) is 0 Å². The normalized spacial score (nSPS) is 26.0. The molecular weight excluding hydrogens is 286 g/mol. The standard InChI is InChI=1S/C13H18BrN.ClH/c1-3-12(4-2)9-10-7-5-6-8-11(10)13(12,14)15;/h5-8H,3-4,9,15H2,1-2H3;1H. The van der Waals surface area contributed by atoms with Gasteiger partial charge in [0.1, 0.15) is 4.45 Å². The van der Waals surface area contributed by atoms with E-state index < -0.39 is 0 Å². The molecule has 1 aliphatic carbocycles. The number of benzene rings is 1. The molecule has 0 spiro atoms. The minimum atomic E-state index is -0.347. The van der Waals surface area contributed by atoms with Crippen LogP contribution in [0.5, 0.6) is 0 Å². The third kappa shape index (κ3) is 1.71. The fraction of sp³-hybridized carbons (Fsp3) is 0.538. The second kappa shape index (κ2) is 4.67. The van der Waals surface area contributed by atoms with E-state index in [-0.39, 0.29) is 22.3 Å². The molecule has 1 atom stereocenters. The largest absolute Gasteiger partial charge is 0.312 e. The lowest BCUT2D eigenvalue weighted by molar-refractivity contribution is 0.205. The molecule has 1 aromatic carbocycles. The molecule has 1 unspecified atom stereocenters. The highest BCUT2D eigenvalue weighted by Crippen LogP contribution is 2.55. The van der Waals surface area contributed by atoms with Crippen LogP contribution < -0.4 is 5.73 Å². The van der Waals surface area contributed by atoms with Crippen molar-refractivity contribution in [1.82, 2.24) is 0 Å². The average Bonchev–Trinajstić information content (AvgIpc) is 2.48. The van der Waals surface area contributed by atoms with Gasteiger partial charge in [-0.05, 0) is 30.4 Å². The van der Waals surface area contributed by atoms with Crippen LogP contribution in [0.4, 0.5) is 0 Å².